The number of ketones is 1. The highest BCUT2D eigenvalue weighted by molar-refractivity contribution is 5.91. The minimum Gasteiger partial charge on any atom is -0.462 e. The number of ether oxygens (including phenoxy) is 5. The van der Waals surface area contributed by atoms with Crippen LogP contribution in [0.2, 0.25) is 0 Å². The van der Waals surface area contributed by atoms with Crippen LogP contribution in [0.1, 0.15) is 118 Å². The molecule has 0 aromatic rings. The molecule has 9 N–H and O–H groups in total. The number of aliphatic hydroxyl groups excluding tert-OH is 4. The maximum absolute atomic E-state index is 13.2. The Morgan fingerprint density at radius 2 is 1.45 bits per heavy atom. The van der Waals surface area contributed by atoms with Gasteiger partial charge in [0, 0.05) is 45.1 Å². The third kappa shape index (κ3) is 11.3. The fraction of sp³-hybridized carbons (Fsp3) is 0.800. The fourth-order valence-electron chi connectivity index (χ4n) is 11.7. The van der Waals surface area contributed by atoms with Crippen molar-refractivity contribution in [2.45, 2.75) is 185 Å². The van der Waals surface area contributed by atoms with Crippen molar-refractivity contribution in [3.63, 3.8) is 0 Å². The molecule has 5 amide bonds. The monoisotopic (exact) mass is 935 g/mol. The van der Waals surface area contributed by atoms with E-state index < -0.39 is 103 Å². The quantitative estimate of drug-likeness (QED) is 0.0571. The van der Waals surface area contributed by atoms with E-state index in [0.29, 0.717) is 24.2 Å². The van der Waals surface area contributed by atoms with Crippen molar-refractivity contribution in [3.8, 4) is 0 Å². The van der Waals surface area contributed by atoms with E-state index in [2.05, 4.69) is 40.9 Å². The summed E-state index contributed by atoms with van der Waals surface area (Å²) in [6.07, 6.45) is -4.23. The second-order valence-electron chi connectivity index (χ2n) is 19.4. The number of methoxy groups -OCH3 is 1. The maximum Gasteiger partial charge on any atom is 0.306 e. The van der Waals surface area contributed by atoms with Gasteiger partial charge in [0.05, 0.1) is 25.2 Å². The highest BCUT2D eigenvalue weighted by Crippen LogP contribution is 2.65. The number of rotatable bonds is 15. The Hall–Kier alpha value is -4.09. The summed E-state index contributed by atoms with van der Waals surface area (Å²) < 4.78 is 28.4. The Balaban J connectivity index is 0.866. The summed E-state index contributed by atoms with van der Waals surface area (Å²) in [6.45, 7) is 6.77. The lowest BCUT2D eigenvalue weighted by Crippen LogP contribution is -2.68. The molecule has 0 aromatic carbocycles. The Bertz CT molecular complexity index is 1850. The molecule has 21 nitrogen and oxygen atoms in total. The van der Waals surface area contributed by atoms with Gasteiger partial charge in [0.25, 0.3) is 5.91 Å². The third-order valence-corrected chi connectivity index (χ3v) is 15.3. The van der Waals surface area contributed by atoms with Crippen LogP contribution >= 0.6 is 0 Å². The molecule has 0 radical (unpaired) electrons. The smallest absolute Gasteiger partial charge is 0.306 e. The molecule has 370 valence electrons. The Kier molecular flexibility index (Phi) is 17.0. The molecular weight excluding hydrogens is 867 g/mol. The Morgan fingerprint density at radius 3 is 2.11 bits per heavy atom. The lowest BCUT2D eigenvalue weighted by molar-refractivity contribution is -0.325. The fourth-order valence-corrected chi connectivity index (χ4v) is 11.7. The van der Waals surface area contributed by atoms with Crippen molar-refractivity contribution in [1.29, 1.82) is 0 Å². The SMILES string of the molecule is COC1C(C(=O)NNC(=O)CCCCC(=O)NNC(=O)CCC(=O)O[C@H]2CC[C@H]3[C@@H]4CCC5=CC(=O)CC[C@]5(C)[C@H]4CC[C@]23C)OC(OC2C(O)C(CO)OC(C)C2NC(C)=O)C(O)C1O. The minimum atomic E-state index is -1.80. The van der Waals surface area contributed by atoms with E-state index in [-0.39, 0.29) is 61.2 Å². The van der Waals surface area contributed by atoms with E-state index in [0.717, 1.165) is 52.1 Å². The third-order valence-electron chi connectivity index (χ3n) is 15.3. The summed E-state index contributed by atoms with van der Waals surface area (Å²) in [5.41, 5.74) is 10.3. The second-order valence-corrected chi connectivity index (χ2v) is 19.4. The van der Waals surface area contributed by atoms with Crippen LogP contribution in [0.4, 0.5) is 0 Å². The van der Waals surface area contributed by atoms with E-state index >= 15 is 0 Å². The van der Waals surface area contributed by atoms with Gasteiger partial charge in [-0.1, -0.05) is 19.4 Å². The predicted molar refractivity (Wildman–Crippen MR) is 228 cm³/mol. The number of nitrogens with one attached hydrogen (secondary N) is 5. The van der Waals surface area contributed by atoms with Crippen LogP contribution in [0.5, 0.6) is 0 Å². The summed E-state index contributed by atoms with van der Waals surface area (Å²) in [5, 5.41) is 44.8. The molecular formula is C45H69N5O16. The summed E-state index contributed by atoms with van der Waals surface area (Å²) in [6, 6.07) is -0.988. The second kappa shape index (κ2) is 21.9. The van der Waals surface area contributed by atoms with Gasteiger partial charge in [-0.25, -0.2) is 0 Å². The van der Waals surface area contributed by atoms with Gasteiger partial charge in [0.15, 0.2) is 18.2 Å². The zero-order valence-electron chi connectivity index (χ0n) is 38.5. The van der Waals surface area contributed by atoms with Crippen molar-refractivity contribution in [2.75, 3.05) is 13.7 Å². The molecule has 3 saturated carbocycles. The van der Waals surface area contributed by atoms with Gasteiger partial charge in [-0.05, 0) is 94.0 Å². The average molecular weight is 936 g/mol. The van der Waals surface area contributed by atoms with Crippen LogP contribution in [-0.4, -0.2) is 143 Å². The zero-order chi connectivity index (χ0) is 48.1. The Labute approximate surface area is 384 Å². The molecule has 2 heterocycles. The van der Waals surface area contributed by atoms with E-state index in [1.165, 1.54) is 12.5 Å². The van der Waals surface area contributed by atoms with Crippen molar-refractivity contribution in [2.24, 2.45) is 28.6 Å². The lowest BCUT2D eigenvalue weighted by atomic mass is 9.47. The molecule has 16 atom stereocenters. The first kappa shape index (κ1) is 51.3. The number of esters is 1. The highest BCUT2D eigenvalue weighted by atomic mass is 16.7. The molecule has 6 aliphatic rings. The molecule has 66 heavy (non-hydrogen) atoms. The van der Waals surface area contributed by atoms with E-state index in [1.54, 1.807) is 6.92 Å². The minimum absolute atomic E-state index is 0.0460. The Morgan fingerprint density at radius 1 is 0.788 bits per heavy atom. The molecule has 4 aliphatic carbocycles. The molecule has 2 aliphatic heterocycles. The van der Waals surface area contributed by atoms with Crippen LogP contribution in [0, 0.1) is 28.6 Å². The number of hydrazine groups is 2. The first-order valence-corrected chi connectivity index (χ1v) is 23.3. The first-order valence-electron chi connectivity index (χ1n) is 23.3. The molecule has 0 spiro atoms. The van der Waals surface area contributed by atoms with Crippen LogP contribution in [0.15, 0.2) is 11.6 Å². The molecule has 0 bridgehead atoms. The van der Waals surface area contributed by atoms with Gasteiger partial charge >= 0.3 is 5.97 Å². The molecule has 6 rings (SSSR count). The van der Waals surface area contributed by atoms with Crippen LogP contribution in [-0.2, 0) is 57.2 Å². The first-order chi connectivity index (χ1) is 31.3. The molecule has 0 aromatic heterocycles. The number of amides is 5. The topological polar surface area (TPSA) is 307 Å². The van der Waals surface area contributed by atoms with Gasteiger partial charge in [-0.3, -0.25) is 55.3 Å². The van der Waals surface area contributed by atoms with Crippen molar-refractivity contribution >= 4 is 41.3 Å². The summed E-state index contributed by atoms with van der Waals surface area (Å²) in [7, 11) is 1.16. The predicted octanol–water partition coefficient (Wildman–Crippen LogP) is -0.442. The summed E-state index contributed by atoms with van der Waals surface area (Å²) in [4.78, 5) is 87.7. The maximum atomic E-state index is 13.2. The number of unbranched alkanes of at least 4 members (excludes halogenated alkanes) is 1. The van der Waals surface area contributed by atoms with E-state index in [4.69, 9.17) is 23.7 Å². The summed E-state index contributed by atoms with van der Waals surface area (Å²) in [5.74, 6) is -1.92. The van der Waals surface area contributed by atoms with Crippen molar-refractivity contribution < 1.29 is 77.7 Å². The number of fused-ring (bicyclic) bond motifs is 5. The van der Waals surface area contributed by atoms with Crippen LogP contribution < -0.4 is 27.0 Å². The number of hydrogen-bond donors (Lipinski definition) is 9. The number of aliphatic hydroxyl groups is 4. The van der Waals surface area contributed by atoms with Crippen molar-refractivity contribution in [3.05, 3.63) is 11.6 Å². The highest BCUT2D eigenvalue weighted by Gasteiger charge is 2.60. The van der Waals surface area contributed by atoms with Crippen molar-refractivity contribution in [1.82, 2.24) is 27.0 Å². The average Bonchev–Trinajstić information content (AvgIpc) is 3.61. The molecule has 21 heteroatoms. The van der Waals surface area contributed by atoms with Gasteiger partial charge in [0.2, 0.25) is 23.6 Å². The number of carbonyl (C=O) groups excluding carboxylic acids is 7. The number of allylic oxidation sites excluding steroid dienone is 1. The normalized spacial score (nSPS) is 38.3. The van der Waals surface area contributed by atoms with Gasteiger partial charge in [-0.2, -0.15) is 0 Å². The summed E-state index contributed by atoms with van der Waals surface area (Å²) >= 11 is 0. The van der Waals surface area contributed by atoms with Gasteiger partial charge in [0.1, 0.15) is 42.7 Å². The van der Waals surface area contributed by atoms with E-state index in [1.807, 2.05) is 6.08 Å². The molecule has 2 saturated heterocycles. The number of carbonyl (C=O) groups is 7. The number of hydrogen-bond acceptors (Lipinski definition) is 16. The van der Waals surface area contributed by atoms with Crippen LogP contribution in [0.25, 0.3) is 0 Å². The largest absolute Gasteiger partial charge is 0.462 e. The molecule has 5 fully saturated rings. The standard InChI is InChI=1S/C45H69N5O16/c1-22-35(46-23(2)52)39(36(58)29(21-51)63-22)65-43-38(60)37(59)40(62-5)41(66-43)42(61)50-49-32(55)9-7-6-8-31(54)47-48-33(56)14-15-34(57)64-30-13-12-27-26-11-10-24-20-25(53)16-18-44(24,3)28(26)17-19-45(27,30)4/h20,22,26-30,35-41,43,51,58-60H,6-19,21H2,1-5H3,(H,46,52)(H,47,54)(H,48,56)(H,49,55)(H,50,61)/t22?,26-,27-,28-,29?,30-,35?,36?,37?,38?,39?,40?,41?,43?,44-,45-/m0/s1. The van der Waals surface area contributed by atoms with Crippen LogP contribution in [0.3, 0.4) is 0 Å². The lowest BCUT2D eigenvalue weighted by Gasteiger charge is -2.57. The molecule has 10 unspecified atom stereocenters. The van der Waals surface area contributed by atoms with E-state index in [9.17, 15) is 54.0 Å². The van der Waals surface area contributed by atoms with Gasteiger partial charge in [-0.15, -0.1) is 0 Å². The van der Waals surface area contributed by atoms with Gasteiger partial charge < -0.3 is 49.4 Å². The zero-order valence-corrected chi connectivity index (χ0v) is 38.5.